The summed E-state index contributed by atoms with van der Waals surface area (Å²) in [6.07, 6.45) is 0. The highest BCUT2D eigenvalue weighted by atomic mass is 35.5. The first-order valence-corrected chi connectivity index (χ1v) is 4.83. The van der Waals surface area contributed by atoms with Crippen LogP contribution in [0.3, 0.4) is 0 Å². The van der Waals surface area contributed by atoms with E-state index in [-0.39, 0.29) is 18.4 Å². The lowest BCUT2D eigenvalue weighted by Gasteiger charge is -2.01. The molecule has 0 fully saturated rings. The summed E-state index contributed by atoms with van der Waals surface area (Å²) in [6.45, 7) is 0. The van der Waals surface area contributed by atoms with E-state index < -0.39 is 11.0 Å². The van der Waals surface area contributed by atoms with E-state index in [4.69, 9.17) is 16.9 Å². The van der Waals surface area contributed by atoms with Crippen molar-refractivity contribution in [2.24, 2.45) is 26.8 Å². The van der Waals surface area contributed by atoms with Crippen LogP contribution >= 0.6 is 12.4 Å². The van der Waals surface area contributed by atoms with Crippen LogP contribution in [-0.2, 0) is 0 Å². The number of azo groups is 1. The number of nitrogens with zero attached hydrogens (tertiary/aromatic N) is 4. The third-order valence-corrected chi connectivity index (χ3v) is 1.65. The Morgan fingerprint density at radius 2 is 1.90 bits per heavy atom. The van der Waals surface area contributed by atoms with Crippen molar-refractivity contribution in [1.29, 1.82) is 5.41 Å². The fourth-order valence-corrected chi connectivity index (χ4v) is 0.958. The monoisotopic (exact) mass is 301 g/mol. The lowest BCUT2D eigenvalue weighted by atomic mass is 10.3. The van der Waals surface area contributed by atoms with Crippen molar-refractivity contribution in [2.75, 3.05) is 5.43 Å². The number of hydrazone groups is 1. The summed E-state index contributed by atoms with van der Waals surface area (Å²) >= 11 is 0. The van der Waals surface area contributed by atoms with Crippen molar-refractivity contribution in [1.82, 2.24) is 5.43 Å². The molecule has 12 heteroatoms. The largest absolute Gasteiger partial charge is 0.367 e. The number of halogens is 1. The minimum Gasteiger partial charge on any atom is -0.367 e. The summed E-state index contributed by atoms with van der Waals surface area (Å²) in [6, 6.07) is 6.36. The van der Waals surface area contributed by atoms with E-state index in [0.717, 1.165) is 0 Å². The van der Waals surface area contributed by atoms with Crippen LogP contribution in [0.4, 0.5) is 11.4 Å². The summed E-state index contributed by atoms with van der Waals surface area (Å²) in [5.41, 5.74) is 15.4. The van der Waals surface area contributed by atoms with Gasteiger partial charge in [-0.05, 0) is 24.3 Å². The van der Waals surface area contributed by atoms with Gasteiger partial charge in [-0.25, -0.2) is 10.1 Å². The number of hydrazine groups is 1. The summed E-state index contributed by atoms with van der Waals surface area (Å²) in [5.74, 6) is -0.782. The highest BCUT2D eigenvalue weighted by Gasteiger charge is 1.98. The molecule has 0 radical (unpaired) electrons. The molecule has 0 atom stereocenters. The zero-order valence-electron chi connectivity index (χ0n) is 9.98. The molecule has 7 N–H and O–H groups in total. The molecule has 0 saturated heterocycles. The fraction of sp³-hybridized carbons (Fsp3) is 0. The van der Waals surface area contributed by atoms with E-state index >= 15 is 0 Å². The number of rotatable bonds is 4. The van der Waals surface area contributed by atoms with Crippen molar-refractivity contribution in [2.45, 2.75) is 0 Å². The highest BCUT2D eigenvalue weighted by Crippen LogP contribution is 2.16. The molecule has 1 aromatic rings. The van der Waals surface area contributed by atoms with Crippen LogP contribution < -0.4 is 22.3 Å². The van der Waals surface area contributed by atoms with Crippen LogP contribution in [0.1, 0.15) is 0 Å². The van der Waals surface area contributed by atoms with Crippen molar-refractivity contribution < 1.29 is 5.03 Å². The van der Waals surface area contributed by atoms with E-state index in [1.54, 1.807) is 29.7 Å². The van der Waals surface area contributed by atoms with Gasteiger partial charge in [0.05, 0.1) is 11.4 Å². The Morgan fingerprint density at radius 1 is 1.30 bits per heavy atom. The molecule has 1 aromatic carbocycles. The summed E-state index contributed by atoms with van der Waals surface area (Å²) in [4.78, 5) is 10.0. The van der Waals surface area contributed by atoms with Gasteiger partial charge in [0.25, 0.3) is 5.96 Å². The van der Waals surface area contributed by atoms with Gasteiger partial charge in [-0.3, -0.25) is 10.8 Å². The van der Waals surface area contributed by atoms with E-state index in [2.05, 4.69) is 20.8 Å². The Labute approximate surface area is 119 Å². The number of nitrogens with two attached hydrogens (primary N) is 2. The van der Waals surface area contributed by atoms with Gasteiger partial charge in [-0.15, -0.1) is 27.7 Å². The highest BCUT2D eigenvalue weighted by molar-refractivity contribution is 5.85. The molecule has 0 aromatic heterocycles. The molecule has 0 bridgehead atoms. The Bertz CT molecular complexity index is 527. The second-order valence-corrected chi connectivity index (χ2v) is 3.11. The summed E-state index contributed by atoms with van der Waals surface area (Å²) in [7, 11) is 0. The van der Waals surface area contributed by atoms with Crippen molar-refractivity contribution in [3.63, 3.8) is 0 Å². The first kappa shape index (κ1) is 17.1. The van der Waals surface area contributed by atoms with Gasteiger partial charge < -0.3 is 11.5 Å². The molecule has 0 aliphatic carbocycles. The quantitative estimate of drug-likeness (QED) is 0.177. The van der Waals surface area contributed by atoms with Crippen LogP contribution in [0.15, 0.2) is 39.6 Å². The molecule has 0 amide bonds. The number of nitro groups is 1. The third kappa shape index (κ3) is 6.70. The third-order valence-electron chi connectivity index (χ3n) is 1.65. The van der Waals surface area contributed by atoms with Crippen molar-refractivity contribution >= 4 is 35.7 Å². The van der Waals surface area contributed by atoms with Crippen LogP contribution in [0, 0.1) is 15.5 Å². The predicted molar refractivity (Wildman–Crippen MR) is 75.5 cm³/mol. The fourth-order valence-electron chi connectivity index (χ4n) is 0.958. The van der Waals surface area contributed by atoms with E-state index in [0.29, 0.717) is 11.4 Å². The number of anilines is 1. The second kappa shape index (κ2) is 8.20. The van der Waals surface area contributed by atoms with Crippen LogP contribution in [-0.4, -0.2) is 17.0 Å². The van der Waals surface area contributed by atoms with Crippen LogP contribution in [0.25, 0.3) is 0 Å². The maximum atomic E-state index is 10.0. The summed E-state index contributed by atoms with van der Waals surface area (Å²) < 4.78 is 0. The normalized spacial score (nSPS) is 10.7. The smallest absolute Gasteiger partial charge is 0.273 e. The molecule has 20 heavy (non-hydrogen) atoms. The minimum atomic E-state index is -0.828. The van der Waals surface area contributed by atoms with Crippen molar-refractivity contribution in [3.8, 4) is 0 Å². The molecule has 0 aliphatic heterocycles. The van der Waals surface area contributed by atoms with Gasteiger partial charge in [0.15, 0.2) is 5.03 Å². The molecule has 0 aliphatic rings. The lowest BCUT2D eigenvalue weighted by Crippen LogP contribution is -2.36. The number of benzene rings is 1. The van der Waals surface area contributed by atoms with Crippen molar-refractivity contribution in [3.05, 3.63) is 34.4 Å². The van der Waals surface area contributed by atoms with Crippen LogP contribution in [0.5, 0.6) is 0 Å². The molecule has 0 unspecified atom stereocenters. The van der Waals surface area contributed by atoms with Gasteiger partial charge in [0, 0.05) is 0 Å². The van der Waals surface area contributed by atoms with Gasteiger partial charge in [-0.1, -0.05) is 5.43 Å². The SMILES string of the molecule is Cl.N=C(N)N=Nc1ccc(NN=C(N)N[N+](=O)[O-])cc1. The number of hydrogen-bond donors (Lipinski definition) is 5. The molecule has 1 rings (SSSR count). The molecule has 0 spiro atoms. The average Bonchev–Trinajstić information content (AvgIpc) is 2.34. The molecule has 0 heterocycles. The lowest BCUT2D eigenvalue weighted by molar-refractivity contribution is -0.525. The maximum Gasteiger partial charge on any atom is 0.273 e. The molecule has 108 valence electrons. The molecular formula is C8H12ClN9O2. The Hall–Kier alpha value is -2.95. The molecule has 11 nitrogen and oxygen atoms in total. The van der Waals surface area contributed by atoms with Crippen LogP contribution in [0.2, 0.25) is 0 Å². The van der Waals surface area contributed by atoms with Gasteiger partial charge in [0.1, 0.15) is 0 Å². The van der Waals surface area contributed by atoms with E-state index in [1.807, 2.05) is 0 Å². The van der Waals surface area contributed by atoms with E-state index in [1.165, 1.54) is 0 Å². The van der Waals surface area contributed by atoms with Gasteiger partial charge >= 0.3 is 0 Å². The number of guanidine groups is 2. The Morgan fingerprint density at radius 3 is 2.40 bits per heavy atom. The first-order chi connectivity index (χ1) is 8.97. The zero-order valence-corrected chi connectivity index (χ0v) is 10.8. The topological polar surface area (TPSA) is 180 Å². The predicted octanol–water partition coefficient (Wildman–Crippen LogP) is 0.508. The van der Waals surface area contributed by atoms with E-state index in [9.17, 15) is 10.1 Å². The maximum absolute atomic E-state index is 10.0. The van der Waals surface area contributed by atoms with Gasteiger partial charge in [0.2, 0.25) is 5.96 Å². The molecule has 0 saturated carbocycles. The zero-order chi connectivity index (χ0) is 14.3. The Balaban J connectivity index is 0.00000361. The second-order valence-electron chi connectivity index (χ2n) is 3.11. The average molecular weight is 302 g/mol. The van der Waals surface area contributed by atoms with Gasteiger partial charge in [-0.2, -0.15) is 0 Å². The number of nitrogens with one attached hydrogen (secondary N) is 3. The minimum absolute atomic E-state index is 0. The molecular weight excluding hydrogens is 290 g/mol. The number of hydrogen-bond acceptors (Lipinski definition) is 6. The Kier molecular flexibility index (Phi) is 6.99. The standard InChI is InChI=1S/C8H11N9O2.ClH/c9-7(10)14-12-5-1-3-6(4-2-5)13-15-8(11)16-17(18)19;/h1-4,13H,(H3,9,10)(H3,11,15,16);1H. The summed E-state index contributed by atoms with van der Waals surface area (Å²) in [5, 5.41) is 26.6. The first-order valence-electron chi connectivity index (χ1n) is 4.83.